The Kier molecular flexibility index (Phi) is 7.25. The minimum absolute atomic E-state index is 0.389. The molecule has 0 radical (unpaired) electrons. The molecule has 0 aliphatic carbocycles. The molecule has 132 valence electrons. The van der Waals surface area contributed by atoms with Crippen LogP contribution in [-0.2, 0) is 16.0 Å². The van der Waals surface area contributed by atoms with Gasteiger partial charge in [-0.3, -0.25) is 9.80 Å². The van der Waals surface area contributed by atoms with Crippen molar-refractivity contribution in [2.45, 2.75) is 19.9 Å². The number of furan rings is 1. The molecule has 7 heteroatoms. The Hall–Kier alpha value is -1.88. The van der Waals surface area contributed by atoms with Gasteiger partial charge in [0.25, 0.3) is 0 Å². The maximum absolute atomic E-state index is 11.7. The zero-order chi connectivity index (χ0) is 17.4. The molecule has 1 saturated heterocycles. The number of morpholine rings is 1. The first-order valence-corrected chi connectivity index (χ1v) is 8.21. The summed E-state index contributed by atoms with van der Waals surface area (Å²) in [6.07, 6.45) is 0.465. The van der Waals surface area contributed by atoms with Gasteiger partial charge < -0.3 is 13.9 Å². The Bertz CT molecular complexity index is 573. The average Bonchev–Trinajstić information content (AvgIpc) is 2.97. The normalized spacial score (nSPS) is 15.4. The molecule has 1 aliphatic heterocycles. The second kappa shape index (κ2) is 9.42. The molecule has 0 spiro atoms. The molecule has 1 aromatic heterocycles. The standard InChI is InChI=1S/C17H25N3O4/c1-14-16(17(21)22-2)12-15(24-14)13-20(5-3-4-18)7-6-19-8-10-23-11-9-19/h12H,3,5-11,13H2,1-2H3. The number of ether oxygens (including phenoxy) is 2. The molecule has 0 saturated carbocycles. The van der Waals surface area contributed by atoms with Crippen LogP contribution in [-0.4, -0.2) is 68.8 Å². The van der Waals surface area contributed by atoms with Crippen molar-refractivity contribution < 1.29 is 18.7 Å². The van der Waals surface area contributed by atoms with E-state index in [0.717, 1.165) is 39.4 Å². The van der Waals surface area contributed by atoms with Crippen LogP contribution in [0.1, 0.15) is 28.3 Å². The number of aryl methyl sites for hydroxylation is 1. The van der Waals surface area contributed by atoms with Crippen LogP contribution in [0.4, 0.5) is 0 Å². The van der Waals surface area contributed by atoms with Crippen LogP contribution in [0.3, 0.4) is 0 Å². The molecule has 1 aliphatic rings. The lowest BCUT2D eigenvalue weighted by molar-refractivity contribution is 0.0327. The van der Waals surface area contributed by atoms with E-state index in [1.54, 1.807) is 13.0 Å². The number of hydrogen-bond donors (Lipinski definition) is 0. The predicted octanol–water partition coefficient (Wildman–Crippen LogP) is 1.42. The van der Waals surface area contributed by atoms with Gasteiger partial charge in [-0.2, -0.15) is 5.26 Å². The predicted molar refractivity (Wildman–Crippen MR) is 87.6 cm³/mol. The Labute approximate surface area is 142 Å². The first kappa shape index (κ1) is 18.5. The lowest BCUT2D eigenvalue weighted by Crippen LogP contribution is -2.41. The largest absolute Gasteiger partial charge is 0.465 e. The van der Waals surface area contributed by atoms with Crippen molar-refractivity contribution >= 4 is 5.97 Å². The van der Waals surface area contributed by atoms with Crippen molar-refractivity contribution in [2.75, 3.05) is 53.0 Å². The molecule has 0 bridgehead atoms. The topological polar surface area (TPSA) is 78.9 Å². The SMILES string of the molecule is COC(=O)c1cc(CN(CCC#N)CCN2CCOCC2)oc1C. The highest BCUT2D eigenvalue weighted by Crippen LogP contribution is 2.17. The summed E-state index contributed by atoms with van der Waals surface area (Å²) >= 11 is 0. The third-order valence-corrected chi connectivity index (χ3v) is 4.13. The Morgan fingerprint density at radius 1 is 1.42 bits per heavy atom. The van der Waals surface area contributed by atoms with Crippen LogP contribution in [0.15, 0.2) is 10.5 Å². The zero-order valence-electron chi connectivity index (χ0n) is 14.4. The van der Waals surface area contributed by atoms with Crippen LogP contribution >= 0.6 is 0 Å². The smallest absolute Gasteiger partial charge is 0.341 e. The maximum atomic E-state index is 11.7. The molecule has 2 heterocycles. The molecule has 0 amide bonds. The zero-order valence-corrected chi connectivity index (χ0v) is 14.4. The van der Waals surface area contributed by atoms with Crippen molar-refractivity contribution in [3.05, 3.63) is 23.2 Å². The number of rotatable bonds is 8. The summed E-state index contributed by atoms with van der Waals surface area (Å²) in [5, 5.41) is 8.86. The van der Waals surface area contributed by atoms with E-state index >= 15 is 0 Å². The fourth-order valence-corrected chi connectivity index (χ4v) is 2.74. The van der Waals surface area contributed by atoms with E-state index in [1.165, 1.54) is 7.11 Å². The molecule has 0 unspecified atom stereocenters. The molecule has 24 heavy (non-hydrogen) atoms. The van der Waals surface area contributed by atoms with E-state index in [-0.39, 0.29) is 5.97 Å². The summed E-state index contributed by atoms with van der Waals surface area (Å²) in [6.45, 7) is 8.21. The summed E-state index contributed by atoms with van der Waals surface area (Å²) < 4.78 is 15.8. The van der Waals surface area contributed by atoms with Gasteiger partial charge in [0.1, 0.15) is 17.1 Å². The Balaban J connectivity index is 1.94. The molecule has 2 rings (SSSR count). The fraction of sp³-hybridized carbons (Fsp3) is 0.647. The fourth-order valence-electron chi connectivity index (χ4n) is 2.74. The van der Waals surface area contributed by atoms with Crippen LogP contribution < -0.4 is 0 Å². The highest BCUT2D eigenvalue weighted by atomic mass is 16.5. The Morgan fingerprint density at radius 2 is 2.17 bits per heavy atom. The van der Waals surface area contributed by atoms with Gasteiger partial charge in [0, 0.05) is 39.1 Å². The van der Waals surface area contributed by atoms with E-state index in [4.69, 9.17) is 19.2 Å². The van der Waals surface area contributed by atoms with Gasteiger partial charge >= 0.3 is 5.97 Å². The third kappa shape index (κ3) is 5.34. The van der Waals surface area contributed by atoms with Gasteiger partial charge in [0.05, 0.1) is 32.9 Å². The van der Waals surface area contributed by atoms with Crippen LogP contribution in [0.25, 0.3) is 0 Å². The van der Waals surface area contributed by atoms with Gasteiger partial charge in [0.15, 0.2) is 0 Å². The number of carbonyl (C=O) groups excluding carboxylic acids is 1. The highest BCUT2D eigenvalue weighted by Gasteiger charge is 2.18. The molecule has 7 nitrogen and oxygen atoms in total. The van der Waals surface area contributed by atoms with E-state index in [2.05, 4.69) is 15.9 Å². The minimum atomic E-state index is -0.389. The summed E-state index contributed by atoms with van der Waals surface area (Å²) in [5.41, 5.74) is 0.459. The Morgan fingerprint density at radius 3 is 2.83 bits per heavy atom. The van der Waals surface area contributed by atoms with Crippen molar-refractivity contribution in [1.82, 2.24) is 9.80 Å². The van der Waals surface area contributed by atoms with Gasteiger partial charge in [-0.15, -0.1) is 0 Å². The van der Waals surface area contributed by atoms with Crippen molar-refractivity contribution in [3.8, 4) is 6.07 Å². The number of carbonyl (C=O) groups is 1. The summed E-state index contributed by atoms with van der Waals surface area (Å²) in [7, 11) is 1.36. The molecule has 0 aromatic carbocycles. The van der Waals surface area contributed by atoms with E-state index in [0.29, 0.717) is 36.6 Å². The van der Waals surface area contributed by atoms with Crippen molar-refractivity contribution in [2.24, 2.45) is 0 Å². The van der Waals surface area contributed by atoms with E-state index in [1.807, 2.05) is 0 Å². The van der Waals surface area contributed by atoms with Gasteiger partial charge in [-0.1, -0.05) is 0 Å². The summed E-state index contributed by atoms with van der Waals surface area (Å²) in [6, 6.07) is 3.92. The average molecular weight is 335 g/mol. The number of nitriles is 1. The van der Waals surface area contributed by atoms with Crippen LogP contribution in [0.2, 0.25) is 0 Å². The molecule has 1 aromatic rings. The molecular weight excluding hydrogens is 310 g/mol. The van der Waals surface area contributed by atoms with Crippen LogP contribution in [0.5, 0.6) is 0 Å². The lowest BCUT2D eigenvalue weighted by atomic mass is 10.2. The van der Waals surface area contributed by atoms with E-state index < -0.39 is 0 Å². The van der Waals surface area contributed by atoms with Crippen molar-refractivity contribution in [1.29, 1.82) is 5.26 Å². The number of hydrogen-bond acceptors (Lipinski definition) is 7. The van der Waals surface area contributed by atoms with Gasteiger partial charge in [0.2, 0.25) is 0 Å². The number of nitrogens with zero attached hydrogens (tertiary/aromatic N) is 3. The second-order valence-corrected chi connectivity index (χ2v) is 5.81. The van der Waals surface area contributed by atoms with Crippen molar-refractivity contribution in [3.63, 3.8) is 0 Å². The second-order valence-electron chi connectivity index (χ2n) is 5.81. The van der Waals surface area contributed by atoms with Gasteiger partial charge in [-0.05, 0) is 13.0 Å². The van der Waals surface area contributed by atoms with Crippen LogP contribution in [0, 0.1) is 18.3 Å². The minimum Gasteiger partial charge on any atom is -0.465 e. The summed E-state index contributed by atoms with van der Waals surface area (Å²) in [4.78, 5) is 16.2. The molecule has 0 atom stereocenters. The molecular formula is C17H25N3O4. The third-order valence-electron chi connectivity index (χ3n) is 4.13. The maximum Gasteiger partial charge on any atom is 0.341 e. The van der Waals surface area contributed by atoms with E-state index in [9.17, 15) is 4.79 Å². The molecule has 1 fully saturated rings. The van der Waals surface area contributed by atoms with Gasteiger partial charge in [-0.25, -0.2) is 4.79 Å². The molecule has 0 N–H and O–H groups in total. The monoisotopic (exact) mass is 335 g/mol. The highest BCUT2D eigenvalue weighted by molar-refractivity contribution is 5.90. The first-order chi connectivity index (χ1) is 11.6. The quantitative estimate of drug-likeness (QED) is 0.665. The summed E-state index contributed by atoms with van der Waals surface area (Å²) in [5.74, 6) is 0.887. The number of methoxy groups -OCH3 is 1. The first-order valence-electron chi connectivity index (χ1n) is 8.21. The lowest BCUT2D eigenvalue weighted by Gasteiger charge is -2.29. The number of esters is 1.